The molecule has 0 bridgehead atoms. The molecule has 1 heterocycles. The van der Waals surface area contributed by atoms with E-state index in [0.717, 1.165) is 22.5 Å². The standard InChI is InChI=1S/C22H22N4O2/c1-14-7-8-15(2)20(11-14)25-19-9-10-23-21(13-19)22(28)26-18-6-4-5-17(12-18)24-16(3)27/h4-13H,1-3H3,(H,23,25)(H,24,27)(H,26,28). The average molecular weight is 374 g/mol. The molecule has 2 aromatic carbocycles. The minimum atomic E-state index is -0.329. The third kappa shape index (κ3) is 4.94. The van der Waals surface area contributed by atoms with Crippen LogP contribution in [-0.2, 0) is 4.79 Å². The summed E-state index contributed by atoms with van der Waals surface area (Å²) in [6.45, 7) is 5.49. The zero-order valence-electron chi connectivity index (χ0n) is 16.0. The molecule has 142 valence electrons. The van der Waals surface area contributed by atoms with Crippen LogP contribution in [0.4, 0.5) is 22.7 Å². The van der Waals surface area contributed by atoms with E-state index in [4.69, 9.17) is 0 Å². The van der Waals surface area contributed by atoms with E-state index in [1.807, 2.05) is 19.9 Å². The fourth-order valence-corrected chi connectivity index (χ4v) is 2.73. The summed E-state index contributed by atoms with van der Waals surface area (Å²) in [6.07, 6.45) is 1.59. The molecule has 0 fully saturated rings. The van der Waals surface area contributed by atoms with Gasteiger partial charge in [-0.25, -0.2) is 0 Å². The largest absolute Gasteiger partial charge is 0.355 e. The van der Waals surface area contributed by atoms with Crippen molar-refractivity contribution in [3.63, 3.8) is 0 Å². The molecule has 0 unspecified atom stereocenters. The second-order valence-corrected chi connectivity index (χ2v) is 6.59. The lowest BCUT2D eigenvalue weighted by Crippen LogP contribution is -2.14. The Hall–Kier alpha value is -3.67. The predicted octanol–water partition coefficient (Wildman–Crippen LogP) is 4.65. The van der Waals surface area contributed by atoms with Crippen molar-refractivity contribution in [3.05, 3.63) is 77.6 Å². The number of nitrogens with zero attached hydrogens (tertiary/aromatic N) is 1. The van der Waals surface area contributed by atoms with Gasteiger partial charge in [-0.15, -0.1) is 0 Å². The Morgan fingerprint density at radius 1 is 0.857 bits per heavy atom. The first-order chi connectivity index (χ1) is 13.4. The van der Waals surface area contributed by atoms with E-state index >= 15 is 0 Å². The van der Waals surface area contributed by atoms with Crippen LogP contribution in [0.3, 0.4) is 0 Å². The average Bonchev–Trinajstić information content (AvgIpc) is 2.65. The van der Waals surface area contributed by atoms with Gasteiger partial charge in [0.15, 0.2) is 0 Å². The van der Waals surface area contributed by atoms with Gasteiger partial charge in [0.2, 0.25) is 5.91 Å². The summed E-state index contributed by atoms with van der Waals surface area (Å²) in [5.41, 5.74) is 5.51. The van der Waals surface area contributed by atoms with Crippen molar-refractivity contribution in [2.45, 2.75) is 20.8 Å². The van der Waals surface area contributed by atoms with Gasteiger partial charge in [0, 0.05) is 35.9 Å². The topological polar surface area (TPSA) is 83.1 Å². The molecule has 2 amide bonds. The third-order valence-electron chi connectivity index (χ3n) is 4.11. The number of carbonyl (C=O) groups is 2. The highest BCUT2D eigenvalue weighted by Gasteiger charge is 2.10. The van der Waals surface area contributed by atoms with Gasteiger partial charge in [-0.2, -0.15) is 0 Å². The van der Waals surface area contributed by atoms with Gasteiger partial charge in [0.05, 0.1) is 0 Å². The van der Waals surface area contributed by atoms with E-state index in [0.29, 0.717) is 17.1 Å². The molecule has 0 saturated heterocycles. The van der Waals surface area contributed by atoms with E-state index in [9.17, 15) is 9.59 Å². The van der Waals surface area contributed by atoms with Crippen LogP contribution in [0.25, 0.3) is 0 Å². The molecule has 28 heavy (non-hydrogen) atoms. The van der Waals surface area contributed by atoms with E-state index < -0.39 is 0 Å². The molecule has 0 aliphatic rings. The van der Waals surface area contributed by atoms with Crippen LogP contribution in [-0.4, -0.2) is 16.8 Å². The van der Waals surface area contributed by atoms with Gasteiger partial charge in [0.25, 0.3) is 5.91 Å². The highest BCUT2D eigenvalue weighted by Crippen LogP contribution is 2.22. The summed E-state index contributed by atoms with van der Waals surface area (Å²) in [5.74, 6) is -0.500. The van der Waals surface area contributed by atoms with Crippen molar-refractivity contribution >= 4 is 34.6 Å². The van der Waals surface area contributed by atoms with Crippen molar-refractivity contribution in [1.29, 1.82) is 0 Å². The molecule has 0 saturated carbocycles. The Morgan fingerprint density at radius 3 is 2.36 bits per heavy atom. The number of nitrogens with one attached hydrogen (secondary N) is 3. The van der Waals surface area contributed by atoms with Crippen LogP contribution in [0.15, 0.2) is 60.8 Å². The lowest BCUT2D eigenvalue weighted by molar-refractivity contribution is -0.114. The number of aromatic nitrogens is 1. The molecule has 6 nitrogen and oxygen atoms in total. The van der Waals surface area contributed by atoms with Gasteiger partial charge in [-0.1, -0.05) is 18.2 Å². The van der Waals surface area contributed by atoms with Crippen LogP contribution in [0, 0.1) is 13.8 Å². The number of carbonyl (C=O) groups excluding carboxylic acids is 2. The number of rotatable bonds is 5. The van der Waals surface area contributed by atoms with Crippen LogP contribution >= 0.6 is 0 Å². The zero-order valence-corrected chi connectivity index (χ0v) is 16.0. The molecule has 0 aliphatic heterocycles. The minimum absolute atomic E-state index is 0.171. The molecule has 0 aliphatic carbocycles. The first kappa shape index (κ1) is 19.1. The smallest absolute Gasteiger partial charge is 0.274 e. The lowest BCUT2D eigenvalue weighted by Gasteiger charge is -2.12. The number of pyridine rings is 1. The molecule has 0 radical (unpaired) electrons. The molecular formula is C22H22N4O2. The molecule has 6 heteroatoms. The Balaban J connectivity index is 1.75. The fraction of sp³-hybridized carbons (Fsp3) is 0.136. The van der Waals surface area contributed by atoms with Gasteiger partial charge in [-0.3, -0.25) is 14.6 Å². The normalized spacial score (nSPS) is 10.2. The molecule has 0 spiro atoms. The van der Waals surface area contributed by atoms with Gasteiger partial charge in [0.1, 0.15) is 5.69 Å². The van der Waals surface area contributed by atoms with Crippen LogP contribution in [0.2, 0.25) is 0 Å². The number of amides is 2. The van der Waals surface area contributed by atoms with Crippen LogP contribution in [0.5, 0.6) is 0 Å². The minimum Gasteiger partial charge on any atom is -0.355 e. The van der Waals surface area contributed by atoms with Gasteiger partial charge < -0.3 is 16.0 Å². The monoisotopic (exact) mass is 374 g/mol. The first-order valence-corrected chi connectivity index (χ1v) is 8.90. The van der Waals surface area contributed by atoms with Crippen LogP contribution < -0.4 is 16.0 Å². The first-order valence-electron chi connectivity index (χ1n) is 8.90. The quantitative estimate of drug-likeness (QED) is 0.607. The SMILES string of the molecule is CC(=O)Nc1cccc(NC(=O)c2cc(Nc3cc(C)ccc3C)ccn2)c1. The van der Waals surface area contributed by atoms with Crippen molar-refractivity contribution < 1.29 is 9.59 Å². The lowest BCUT2D eigenvalue weighted by atomic mass is 10.1. The van der Waals surface area contributed by atoms with Gasteiger partial charge in [-0.05, 0) is 61.4 Å². The Kier molecular flexibility index (Phi) is 5.69. The Bertz CT molecular complexity index is 1030. The summed E-state index contributed by atoms with van der Waals surface area (Å²) in [4.78, 5) is 27.9. The highest BCUT2D eigenvalue weighted by atomic mass is 16.2. The van der Waals surface area contributed by atoms with Crippen LogP contribution in [0.1, 0.15) is 28.5 Å². The second-order valence-electron chi connectivity index (χ2n) is 6.59. The molecule has 1 aromatic heterocycles. The third-order valence-corrected chi connectivity index (χ3v) is 4.11. The summed E-state index contributed by atoms with van der Waals surface area (Å²) in [7, 11) is 0. The van der Waals surface area contributed by atoms with E-state index in [1.54, 1.807) is 36.5 Å². The fourth-order valence-electron chi connectivity index (χ4n) is 2.73. The van der Waals surface area contributed by atoms with E-state index in [-0.39, 0.29) is 11.8 Å². The van der Waals surface area contributed by atoms with Crippen molar-refractivity contribution in [2.75, 3.05) is 16.0 Å². The maximum Gasteiger partial charge on any atom is 0.274 e. The summed E-state index contributed by atoms with van der Waals surface area (Å²) < 4.78 is 0. The second kappa shape index (κ2) is 8.35. The van der Waals surface area contributed by atoms with Crippen molar-refractivity contribution in [3.8, 4) is 0 Å². The molecule has 3 N–H and O–H groups in total. The predicted molar refractivity (Wildman–Crippen MR) is 112 cm³/mol. The van der Waals surface area contributed by atoms with Crippen molar-refractivity contribution in [2.24, 2.45) is 0 Å². The Morgan fingerprint density at radius 2 is 1.61 bits per heavy atom. The summed E-state index contributed by atoms with van der Waals surface area (Å²) in [5, 5.41) is 8.83. The molecule has 3 rings (SSSR count). The zero-order chi connectivity index (χ0) is 20.1. The summed E-state index contributed by atoms with van der Waals surface area (Å²) >= 11 is 0. The highest BCUT2D eigenvalue weighted by molar-refractivity contribution is 6.03. The van der Waals surface area contributed by atoms with Crippen molar-refractivity contribution in [1.82, 2.24) is 4.98 Å². The summed E-state index contributed by atoms with van der Waals surface area (Å²) in [6, 6.07) is 16.6. The number of aryl methyl sites for hydroxylation is 2. The maximum atomic E-state index is 12.6. The number of hydrogen-bond acceptors (Lipinski definition) is 4. The van der Waals surface area contributed by atoms with E-state index in [1.165, 1.54) is 6.92 Å². The number of hydrogen-bond donors (Lipinski definition) is 3. The van der Waals surface area contributed by atoms with Gasteiger partial charge >= 0.3 is 0 Å². The molecule has 0 atom stereocenters. The molecule has 3 aromatic rings. The number of benzene rings is 2. The number of anilines is 4. The molecular weight excluding hydrogens is 352 g/mol. The maximum absolute atomic E-state index is 12.6. The van der Waals surface area contributed by atoms with E-state index in [2.05, 4.69) is 39.1 Å². The Labute approximate surface area is 164 Å².